The summed E-state index contributed by atoms with van der Waals surface area (Å²) in [7, 11) is 0. The maximum absolute atomic E-state index is 10.9. The van der Waals surface area contributed by atoms with Gasteiger partial charge < -0.3 is 9.84 Å². The van der Waals surface area contributed by atoms with Crippen LogP contribution < -0.4 is 0 Å². The Morgan fingerprint density at radius 1 is 0.688 bits per heavy atom. The zero-order valence-electron chi connectivity index (χ0n) is 22.1. The van der Waals surface area contributed by atoms with Crippen molar-refractivity contribution in [3.63, 3.8) is 0 Å². The van der Waals surface area contributed by atoms with Crippen LogP contribution in [-0.4, -0.2) is 23.9 Å². The van der Waals surface area contributed by atoms with Gasteiger partial charge in [-0.15, -0.1) is 0 Å². The van der Waals surface area contributed by atoms with Crippen LogP contribution in [0.4, 0.5) is 0 Å². The Labute approximate surface area is 197 Å². The lowest BCUT2D eigenvalue weighted by atomic mass is 9.31. The lowest BCUT2D eigenvalue weighted by Crippen LogP contribution is -2.67. The van der Waals surface area contributed by atoms with Gasteiger partial charge in [0.15, 0.2) is 0 Å². The molecule has 0 unspecified atom stereocenters. The average molecular weight is 443 g/mol. The Balaban J connectivity index is 1.39. The fourth-order valence-electron chi connectivity index (χ4n) is 12.0. The summed E-state index contributed by atoms with van der Waals surface area (Å²) in [5.74, 6) is 3.11. The molecule has 1 aliphatic heterocycles. The number of aliphatic hydroxyl groups is 1. The molecule has 1 saturated heterocycles. The van der Waals surface area contributed by atoms with Crippen molar-refractivity contribution in [3.8, 4) is 0 Å². The van der Waals surface area contributed by atoms with Crippen molar-refractivity contribution < 1.29 is 9.84 Å². The third-order valence-electron chi connectivity index (χ3n) is 14.1. The molecule has 6 fully saturated rings. The van der Waals surface area contributed by atoms with Crippen LogP contribution in [0.5, 0.6) is 0 Å². The second kappa shape index (κ2) is 6.37. The van der Waals surface area contributed by atoms with Crippen LogP contribution >= 0.6 is 0 Å². The largest absolute Gasteiger partial charge is 0.393 e. The van der Waals surface area contributed by atoms with Gasteiger partial charge in [0.2, 0.25) is 0 Å². The van der Waals surface area contributed by atoms with E-state index in [1.165, 1.54) is 57.8 Å². The Morgan fingerprint density at radius 2 is 1.41 bits per heavy atom. The summed E-state index contributed by atoms with van der Waals surface area (Å²) in [5.41, 5.74) is 2.16. The highest BCUT2D eigenvalue weighted by atomic mass is 16.5. The maximum Gasteiger partial charge on any atom is 0.0663 e. The van der Waals surface area contributed by atoms with Crippen molar-refractivity contribution in [1.82, 2.24) is 0 Å². The summed E-state index contributed by atoms with van der Waals surface area (Å²) in [5, 5.41) is 10.9. The monoisotopic (exact) mass is 442 g/mol. The third kappa shape index (κ3) is 2.41. The first-order chi connectivity index (χ1) is 14.8. The van der Waals surface area contributed by atoms with Crippen LogP contribution in [0.25, 0.3) is 0 Å². The summed E-state index contributed by atoms with van der Waals surface area (Å²) >= 11 is 0. The summed E-state index contributed by atoms with van der Waals surface area (Å²) in [6, 6.07) is 0. The standard InChI is InChI=1S/C30H50O2/c1-25(2)14-16-30-17-15-28(6)19(23(30)24(25)32-18-30)8-9-21-27(5)12-11-22(31)26(3,4)20(27)10-13-29(21,28)7/h19-24,31H,8-18H2,1-7H3/t19-,20+,21-,22-,23-,24+,27-,28+,29+,30+/m0/s1. The predicted octanol–water partition coefficient (Wildman–Crippen LogP) is 7.24. The van der Waals surface area contributed by atoms with Crippen LogP contribution in [0.3, 0.4) is 0 Å². The summed E-state index contributed by atoms with van der Waals surface area (Å²) in [6.07, 6.45) is 13.7. The zero-order chi connectivity index (χ0) is 22.9. The van der Waals surface area contributed by atoms with Crippen LogP contribution in [0.15, 0.2) is 0 Å². The van der Waals surface area contributed by atoms with Crippen molar-refractivity contribution >= 4 is 0 Å². The van der Waals surface area contributed by atoms with Crippen molar-refractivity contribution in [3.05, 3.63) is 0 Å². The minimum Gasteiger partial charge on any atom is -0.393 e. The van der Waals surface area contributed by atoms with Gasteiger partial charge in [-0.25, -0.2) is 0 Å². The van der Waals surface area contributed by atoms with E-state index in [1.54, 1.807) is 0 Å². The molecular weight excluding hydrogens is 392 g/mol. The molecule has 1 heterocycles. The zero-order valence-corrected chi connectivity index (χ0v) is 22.1. The molecular formula is C30H50O2. The van der Waals surface area contributed by atoms with Gasteiger partial charge in [0.05, 0.1) is 18.8 Å². The molecule has 182 valence electrons. The Morgan fingerprint density at radius 3 is 2.16 bits per heavy atom. The topological polar surface area (TPSA) is 29.5 Å². The molecule has 0 spiro atoms. The van der Waals surface area contributed by atoms with Gasteiger partial charge in [-0.05, 0) is 120 Å². The van der Waals surface area contributed by atoms with E-state index in [0.717, 1.165) is 30.8 Å². The van der Waals surface area contributed by atoms with Crippen molar-refractivity contribution in [2.24, 2.45) is 56.2 Å². The molecule has 0 amide bonds. The molecule has 0 aromatic rings. The highest BCUT2D eigenvalue weighted by Crippen LogP contribution is 2.78. The first kappa shape index (κ1) is 22.4. The van der Waals surface area contributed by atoms with Gasteiger partial charge in [-0.1, -0.05) is 48.5 Å². The van der Waals surface area contributed by atoms with Crippen LogP contribution in [-0.2, 0) is 4.74 Å². The fourth-order valence-corrected chi connectivity index (χ4v) is 12.0. The summed E-state index contributed by atoms with van der Waals surface area (Å²) < 4.78 is 6.71. The normalized spacial score (nSPS) is 60.0. The molecule has 0 aromatic carbocycles. The first-order valence-corrected chi connectivity index (χ1v) is 14.1. The van der Waals surface area contributed by atoms with Crippen molar-refractivity contribution in [1.29, 1.82) is 0 Å². The van der Waals surface area contributed by atoms with E-state index in [0.29, 0.717) is 39.1 Å². The molecule has 6 aliphatic rings. The van der Waals surface area contributed by atoms with Crippen LogP contribution in [0, 0.1) is 56.2 Å². The van der Waals surface area contributed by atoms with E-state index in [1.807, 2.05) is 0 Å². The van der Waals surface area contributed by atoms with Gasteiger partial charge in [0, 0.05) is 0 Å². The van der Waals surface area contributed by atoms with E-state index in [4.69, 9.17) is 4.74 Å². The SMILES string of the molecule is CC1(C)CC[C@]23CC[C@]4(C)[C@@H](CC[C@H]5[C@@]6(C)CC[C@H](O)C(C)(C)[C@H]6CC[C@]54C)[C@H]2[C@H]1OC3. The average Bonchev–Trinajstić information content (AvgIpc) is 3.05. The Bertz CT molecular complexity index is 801. The quantitative estimate of drug-likeness (QED) is 0.428. The number of fused-ring (bicyclic) bond motifs is 5. The molecule has 10 atom stereocenters. The maximum atomic E-state index is 10.9. The van der Waals surface area contributed by atoms with E-state index in [-0.39, 0.29) is 11.5 Å². The molecule has 2 bridgehead atoms. The molecule has 0 aromatic heterocycles. The van der Waals surface area contributed by atoms with Gasteiger partial charge >= 0.3 is 0 Å². The molecule has 6 rings (SSSR count). The second-order valence-corrected chi connectivity index (χ2v) is 15.7. The van der Waals surface area contributed by atoms with Crippen molar-refractivity contribution in [2.45, 2.75) is 125 Å². The van der Waals surface area contributed by atoms with E-state index in [9.17, 15) is 5.11 Å². The lowest BCUT2D eigenvalue weighted by molar-refractivity contribution is -0.252. The van der Waals surface area contributed by atoms with Gasteiger partial charge in [-0.2, -0.15) is 0 Å². The number of aliphatic hydroxyl groups excluding tert-OH is 1. The smallest absolute Gasteiger partial charge is 0.0663 e. The number of ether oxygens (including phenoxy) is 1. The fraction of sp³-hybridized carbons (Fsp3) is 1.00. The second-order valence-electron chi connectivity index (χ2n) is 15.7. The van der Waals surface area contributed by atoms with E-state index in [2.05, 4.69) is 48.5 Å². The van der Waals surface area contributed by atoms with E-state index >= 15 is 0 Å². The molecule has 5 aliphatic carbocycles. The van der Waals surface area contributed by atoms with Gasteiger partial charge in [-0.3, -0.25) is 0 Å². The summed E-state index contributed by atoms with van der Waals surface area (Å²) in [6.45, 7) is 18.9. The van der Waals surface area contributed by atoms with Crippen LogP contribution in [0.2, 0.25) is 0 Å². The number of rotatable bonds is 0. The van der Waals surface area contributed by atoms with E-state index < -0.39 is 0 Å². The first-order valence-electron chi connectivity index (χ1n) is 14.1. The minimum atomic E-state index is -0.122. The molecule has 2 heteroatoms. The molecule has 1 N–H and O–H groups in total. The van der Waals surface area contributed by atoms with Crippen molar-refractivity contribution in [2.75, 3.05) is 6.61 Å². The van der Waals surface area contributed by atoms with Gasteiger partial charge in [0.25, 0.3) is 0 Å². The highest BCUT2D eigenvalue weighted by molar-refractivity contribution is 5.21. The molecule has 0 radical (unpaired) electrons. The number of hydrogen-bond donors (Lipinski definition) is 1. The van der Waals surface area contributed by atoms with Crippen LogP contribution in [0.1, 0.15) is 113 Å². The molecule has 32 heavy (non-hydrogen) atoms. The lowest BCUT2D eigenvalue weighted by Gasteiger charge is -2.73. The van der Waals surface area contributed by atoms with Gasteiger partial charge in [0.1, 0.15) is 0 Å². The minimum absolute atomic E-state index is 0.0586. The molecule has 2 nitrogen and oxygen atoms in total. The molecule has 5 saturated carbocycles. The third-order valence-corrected chi connectivity index (χ3v) is 14.1. The number of hydrogen-bond acceptors (Lipinski definition) is 2. The predicted molar refractivity (Wildman–Crippen MR) is 130 cm³/mol. The summed E-state index contributed by atoms with van der Waals surface area (Å²) in [4.78, 5) is 0. The highest BCUT2D eigenvalue weighted by Gasteiger charge is 2.72. The Hall–Kier alpha value is -0.0800. The Kier molecular flexibility index (Phi) is 4.46.